The largest absolute Gasteiger partial charge is 0.370 e. The molecule has 1 rings (SSSR count). The predicted octanol–water partition coefficient (Wildman–Crippen LogP) is 2.46. The summed E-state index contributed by atoms with van der Waals surface area (Å²) < 4.78 is 10.1. The number of ether oxygens (including phenoxy) is 1. The lowest BCUT2D eigenvalue weighted by molar-refractivity contribution is 0.0217. The van der Waals surface area contributed by atoms with E-state index in [1.807, 2.05) is 20.8 Å². The van der Waals surface area contributed by atoms with E-state index >= 15 is 0 Å². The SMILES string of the molecule is CCOC(c1noc(Cl)n1)C(C)C. The third kappa shape index (κ3) is 2.67. The minimum absolute atomic E-state index is 0.0559. The molecule has 13 heavy (non-hydrogen) atoms. The van der Waals surface area contributed by atoms with Crippen molar-refractivity contribution >= 4 is 11.6 Å². The quantitative estimate of drug-likeness (QED) is 0.756. The summed E-state index contributed by atoms with van der Waals surface area (Å²) in [5.41, 5.74) is 0. The fourth-order valence-corrected chi connectivity index (χ4v) is 1.20. The summed E-state index contributed by atoms with van der Waals surface area (Å²) in [7, 11) is 0. The van der Waals surface area contributed by atoms with Gasteiger partial charge in [-0.2, -0.15) is 4.98 Å². The van der Waals surface area contributed by atoms with Crippen molar-refractivity contribution in [3.8, 4) is 0 Å². The monoisotopic (exact) mass is 204 g/mol. The van der Waals surface area contributed by atoms with E-state index in [0.29, 0.717) is 18.3 Å². The Labute approximate surface area is 82.2 Å². The highest BCUT2D eigenvalue weighted by Gasteiger charge is 2.21. The number of nitrogens with zero attached hydrogens (tertiary/aromatic N) is 2. The Kier molecular flexibility index (Phi) is 3.69. The molecule has 0 bridgehead atoms. The van der Waals surface area contributed by atoms with Crippen molar-refractivity contribution in [3.05, 3.63) is 11.2 Å². The zero-order chi connectivity index (χ0) is 9.84. The van der Waals surface area contributed by atoms with E-state index < -0.39 is 0 Å². The molecular formula is C8H13ClN2O2. The van der Waals surface area contributed by atoms with Crippen molar-refractivity contribution < 1.29 is 9.26 Å². The van der Waals surface area contributed by atoms with E-state index in [0.717, 1.165) is 0 Å². The maximum Gasteiger partial charge on any atom is 0.320 e. The third-order valence-electron chi connectivity index (χ3n) is 1.62. The average Bonchev–Trinajstić information content (AvgIpc) is 2.46. The Morgan fingerprint density at radius 1 is 1.54 bits per heavy atom. The van der Waals surface area contributed by atoms with Gasteiger partial charge in [0.1, 0.15) is 6.10 Å². The minimum atomic E-state index is -0.138. The smallest absolute Gasteiger partial charge is 0.320 e. The molecule has 4 nitrogen and oxygen atoms in total. The zero-order valence-electron chi connectivity index (χ0n) is 7.95. The van der Waals surface area contributed by atoms with E-state index in [4.69, 9.17) is 16.3 Å². The van der Waals surface area contributed by atoms with Crippen LogP contribution in [0.25, 0.3) is 0 Å². The maximum absolute atomic E-state index is 5.51. The van der Waals surface area contributed by atoms with Crippen molar-refractivity contribution in [2.45, 2.75) is 26.9 Å². The van der Waals surface area contributed by atoms with E-state index in [2.05, 4.69) is 14.7 Å². The van der Waals surface area contributed by atoms with Crippen LogP contribution in [0.2, 0.25) is 5.35 Å². The molecule has 0 spiro atoms. The predicted molar refractivity (Wildman–Crippen MR) is 48.5 cm³/mol. The van der Waals surface area contributed by atoms with Crippen molar-refractivity contribution in [1.82, 2.24) is 10.1 Å². The van der Waals surface area contributed by atoms with E-state index in [1.54, 1.807) is 0 Å². The molecule has 0 N–H and O–H groups in total. The normalized spacial score (nSPS) is 13.6. The van der Waals surface area contributed by atoms with Gasteiger partial charge < -0.3 is 9.26 Å². The number of rotatable bonds is 4. The molecule has 1 aromatic heterocycles. The van der Waals surface area contributed by atoms with Gasteiger partial charge in [-0.1, -0.05) is 19.0 Å². The molecule has 1 unspecified atom stereocenters. The van der Waals surface area contributed by atoms with Gasteiger partial charge in [-0.15, -0.1) is 0 Å². The molecule has 0 amide bonds. The average molecular weight is 205 g/mol. The lowest BCUT2D eigenvalue weighted by Gasteiger charge is -2.16. The summed E-state index contributed by atoms with van der Waals surface area (Å²) in [5, 5.41) is 3.77. The molecule has 1 atom stereocenters. The molecular weight excluding hydrogens is 192 g/mol. The molecule has 1 heterocycles. The molecule has 74 valence electrons. The van der Waals surface area contributed by atoms with Gasteiger partial charge in [0.05, 0.1) is 0 Å². The minimum Gasteiger partial charge on any atom is -0.370 e. The standard InChI is InChI=1S/C8H13ClN2O2/c1-4-12-6(5(2)3)7-10-8(9)13-11-7/h5-6H,4H2,1-3H3. The fourth-order valence-electron chi connectivity index (χ4n) is 1.08. The Morgan fingerprint density at radius 3 is 2.62 bits per heavy atom. The number of hydrogen-bond acceptors (Lipinski definition) is 4. The van der Waals surface area contributed by atoms with Crippen molar-refractivity contribution in [2.75, 3.05) is 6.61 Å². The van der Waals surface area contributed by atoms with Gasteiger partial charge in [0.2, 0.25) is 5.82 Å². The van der Waals surface area contributed by atoms with Crippen LogP contribution in [0.4, 0.5) is 0 Å². The molecule has 0 fully saturated rings. The van der Waals surface area contributed by atoms with Gasteiger partial charge in [-0.3, -0.25) is 0 Å². The van der Waals surface area contributed by atoms with Gasteiger partial charge in [0.25, 0.3) is 0 Å². The summed E-state index contributed by atoms with van der Waals surface area (Å²) >= 11 is 5.51. The van der Waals surface area contributed by atoms with Gasteiger partial charge in [0.15, 0.2) is 0 Å². The first-order valence-electron chi connectivity index (χ1n) is 4.25. The zero-order valence-corrected chi connectivity index (χ0v) is 8.71. The van der Waals surface area contributed by atoms with Crippen molar-refractivity contribution in [2.24, 2.45) is 5.92 Å². The molecule has 0 aliphatic carbocycles. The van der Waals surface area contributed by atoms with E-state index in [-0.39, 0.29) is 11.5 Å². The van der Waals surface area contributed by atoms with Crippen molar-refractivity contribution in [3.63, 3.8) is 0 Å². The first-order valence-corrected chi connectivity index (χ1v) is 4.63. The Bertz CT molecular complexity index is 262. The fraction of sp³-hybridized carbons (Fsp3) is 0.750. The lowest BCUT2D eigenvalue weighted by atomic mass is 10.1. The molecule has 0 aromatic carbocycles. The molecule has 1 aromatic rings. The summed E-state index contributed by atoms with van der Waals surface area (Å²) in [5.74, 6) is 0.815. The summed E-state index contributed by atoms with van der Waals surface area (Å²) in [6, 6.07) is 0. The summed E-state index contributed by atoms with van der Waals surface area (Å²) in [6.45, 7) is 6.61. The van der Waals surface area contributed by atoms with Crippen molar-refractivity contribution in [1.29, 1.82) is 0 Å². The van der Waals surface area contributed by atoms with Crippen LogP contribution < -0.4 is 0 Å². The summed E-state index contributed by atoms with van der Waals surface area (Å²) in [4.78, 5) is 3.91. The second-order valence-corrected chi connectivity index (χ2v) is 3.35. The molecule has 5 heteroatoms. The van der Waals surface area contributed by atoms with Gasteiger partial charge in [-0.05, 0) is 24.4 Å². The number of aromatic nitrogens is 2. The Balaban J connectivity index is 2.75. The highest BCUT2D eigenvalue weighted by Crippen LogP contribution is 2.23. The topological polar surface area (TPSA) is 48.2 Å². The molecule has 0 saturated heterocycles. The highest BCUT2D eigenvalue weighted by molar-refractivity contribution is 6.27. The second kappa shape index (κ2) is 4.58. The van der Waals surface area contributed by atoms with Crippen LogP contribution in [0.15, 0.2) is 4.52 Å². The van der Waals surface area contributed by atoms with Crippen LogP contribution in [0, 0.1) is 5.92 Å². The van der Waals surface area contributed by atoms with Crippen LogP contribution in [0.5, 0.6) is 0 Å². The molecule has 0 radical (unpaired) electrons. The Morgan fingerprint density at radius 2 is 2.23 bits per heavy atom. The summed E-state index contributed by atoms with van der Waals surface area (Å²) in [6.07, 6.45) is -0.138. The maximum atomic E-state index is 5.51. The van der Waals surface area contributed by atoms with E-state index in [9.17, 15) is 0 Å². The van der Waals surface area contributed by atoms with E-state index in [1.165, 1.54) is 0 Å². The van der Waals surface area contributed by atoms with Crippen LogP contribution in [0.1, 0.15) is 32.7 Å². The first-order chi connectivity index (χ1) is 6.15. The van der Waals surface area contributed by atoms with Gasteiger partial charge in [0, 0.05) is 6.61 Å². The molecule has 0 saturated carbocycles. The highest BCUT2D eigenvalue weighted by atomic mass is 35.5. The number of halogens is 1. The molecule has 0 aliphatic heterocycles. The first kappa shape index (κ1) is 10.5. The van der Waals surface area contributed by atoms with Crippen LogP contribution in [0.3, 0.4) is 0 Å². The van der Waals surface area contributed by atoms with Crippen LogP contribution >= 0.6 is 11.6 Å². The van der Waals surface area contributed by atoms with Crippen LogP contribution in [-0.4, -0.2) is 16.7 Å². The van der Waals surface area contributed by atoms with Crippen LogP contribution in [-0.2, 0) is 4.74 Å². The van der Waals surface area contributed by atoms with Gasteiger partial charge >= 0.3 is 5.35 Å². The third-order valence-corrected chi connectivity index (χ3v) is 1.78. The second-order valence-electron chi connectivity index (χ2n) is 3.03. The van der Waals surface area contributed by atoms with Gasteiger partial charge in [-0.25, -0.2) is 0 Å². The lowest BCUT2D eigenvalue weighted by Crippen LogP contribution is -2.12. The molecule has 0 aliphatic rings. The number of hydrogen-bond donors (Lipinski definition) is 0. The Hall–Kier alpha value is -0.610.